The molecule has 0 saturated carbocycles. The van der Waals surface area contributed by atoms with Gasteiger partial charge in [0.1, 0.15) is 0 Å². The van der Waals surface area contributed by atoms with Gasteiger partial charge in [0.05, 0.1) is 6.26 Å². The minimum atomic E-state index is -5.01. The molecule has 3 nitrogen and oxygen atoms in total. The standard InChI is InChI=1S/C9H12BF3NO2S.K/c1-7(14-17(2,15)16)8-3-5-9(6-4-8)10(11,12)13;/h3-7,14H,1-2H3;/q-1;+1/t7-;/m0./s1. The second-order valence-electron chi connectivity index (χ2n) is 3.85. The maximum absolute atomic E-state index is 12.3. The van der Waals surface area contributed by atoms with Crippen molar-refractivity contribution in [2.75, 3.05) is 6.26 Å². The van der Waals surface area contributed by atoms with Gasteiger partial charge in [-0.1, -0.05) is 24.3 Å². The number of nitrogens with one attached hydrogen (secondary N) is 1. The van der Waals surface area contributed by atoms with Gasteiger partial charge in [0.2, 0.25) is 10.0 Å². The molecule has 0 radical (unpaired) electrons. The molecule has 0 heterocycles. The molecule has 1 N–H and O–H groups in total. The van der Waals surface area contributed by atoms with Crippen LogP contribution in [-0.4, -0.2) is 21.7 Å². The third-order valence-corrected chi connectivity index (χ3v) is 2.99. The van der Waals surface area contributed by atoms with Crippen LogP contribution in [-0.2, 0) is 10.0 Å². The zero-order chi connectivity index (χ0) is 13.3. The maximum Gasteiger partial charge on any atom is 1.00 e. The molecule has 0 aromatic heterocycles. The molecule has 0 aliphatic rings. The molecule has 1 aromatic rings. The molecule has 9 heteroatoms. The smallest absolute Gasteiger partial charge is 0.445 e. The molecule has 1 rings (SSSR count). The Balaban J connectivity index is 0.00000289. The van der Waals surface area contributed by atoms with Gasteiger partial charge in [-0.05, 0) is 12.5 Å². The minimum Gasteiger partial charge on any atom is -0.445 e. The summed E-state index contributed by atoms with van der Waals surface area (Å²) in [6, 6.07) is 3.90. The van der Waals surface area contributed by atoms with Crippen molar-refractivity contribution in [1.29, 1.82) is 0 Å². The van der Waals surface area contributed by atoms with Crippen molar-refractivity contribution in [2.24, 2.45) is 0 Å². The number of sulfonamides is 1. The van der Waals surface area contributed by atoms with Crippen LogP contribution in [0.25, 0.3) is 0 Å². The van der Waals surface area contributed by atoms with E-state index in [0.717, 1.165) is 18.4 Å². The average molecular weight is 305 g/mol. The molecular formula is C9H12BF3KNO2S. The Morgan fingerprint density at radius 1 is 1.17 bits per heavy atom. The molecule has 1 aromatic carbocycles. The van der Waals surface area contributed by atoms with Crippen molar-refractivity contribution >= 4 is 22.5 Å². The van der Waals surface area contributed by atoms with Crippen LogP contribution in [0, 0.1) is 0 Å². The third kappa shape index (κ3) is 6.18. The number of hydrogen-bond acceptors (Lipinski definition) is 2. The molecule has 0 fully saturated rings. The summed E-state index contributed by atoms with van der Waals surface area (Å²) in [6.07, 6.45) is 0.997. The fourth-order valence-electron chi connectivity index (χ4n) is 1.39. The number of hydrogen-bond donors (Lipinski definition) is 1. The van der Waals surface area contributed by atoms with Gasteiger partial charge in [-0.3, -0.25) is 0 Å². The van der Waals surface area contributed by atoms with Crippen LogP contribution in [0.5, 0.6) is 0 Å². The molecule has 96 valence electrons. The summed E-state index contributed by atoms with van der Waals surface area (Å²) in [5, 5.41) is 0. The summed E-state index contributed by atoms with van der Waals surface area (Å²) in [7, 11) is -3.38. The molecule has 1 atom stereocenters. The van der Waals surface area contributed by atoms with Crippen LogP contribution in [0.4, 0.5) is 12.9 Å². The van der Waals surface area contributed by atoms with Crippen molar-refractivity contribution < 1.29 is 72.7 Å². The van der Waals surface area contributed by atoms with E-state index in [4.69, 9.17) is 0 Å². The molecule has 0 saturated heterocycles. The Kier molecular flexibility index (Phi) is 7.11. The van der Waals surface area contributed by atoms with Crippen molar-refractivity contribution in [3.63, 3.8) is 0 Å². The van der Waals surface area contributed by atoms with Crippen LogP contribution in [0.2, 0.25) is 0 Å². The van der Waals surface area contributed by atoms with E-state index in [-0.39, 0.29) is 51.4 Å². The summed E-state index contributed by atoms with van der Waals surface area (Å²) < 4.78 is 61.2. The van der Waals surface area contributed by atoms with Gasteiger partial charge in [0.25, 0.3) is 0 Å². The zero-order valence-electron chi connectivity index (χ0n) is 10.3. The summed E-state index contributed by atoms with van der Waals surface area (Å²) in [5.74, 6) is 0. The van der Waals surface area contributed by atoms with Crippen molar-refractivity contribution in [3.8, 4) is 0 Å². The van der Waals surface area contributed by atoms with E-state index in [9.17, 15) is 21.4 Å². The number of halogens is 3. The van der Waals surface area contributed by atoms with Gasteiger partial charge in [0, 0.05) is 6.04 Å². The van der Waals surface area contributed by atoms with Gasteiger partial charge >= 0.3 is 58.4 Å². The van der Waals surface area contributed by atoms with Crippen molar-refractivity contribution in [3.05, 3.63) is 29.8 Å². The van der Waals surface area contributed by atoms with Crippen molar-refractivity contribution in [1.82, 2.24) is 4.72 Å². The Labute approximate surface area is 147 Å². The first-order valence-electron chi connectivity index (χ1n) is 4.87. The first-order valence-corrected chi connectivity index (χ1v) is 6.76. The molecular weight excluding hydrogens is 293 g/mol. The Morgan fingerprint density at radius 3 is 1.94 bits per heavy atom. The largest absolute Gasteiger partial charge is 1.00 e. The fraction of sp³-hybridized carbons (Fsp3) is 0.333. The second kappa shape index (κ2) is 6.87. The molecule has 0 bridgehead atoms. The summed E-state index contributed by atoms with van der Waals surface area (Å²) >= 11 is 0. The SMILES string of the molecule is C[C@H](NS(C)(=O)=O)c1ccc([B-](F)(F)F)cc1.[K+]. The number of rotatable bonds is 4. The Morgan fingerprint density at radius 2 is 1.61 bits per heavy atom. The van der Waals surface area contributed by atoms with Crippen LogP contribution in [0.3, 0.4) is 0 Å². The van der Waals surface area contributed by atoms with Gasteiger partial charge < -0.3 is 12.9 Å². The molecule has 18 heavy (non-hydrogen) atoms. The molecule has 0 aliphatic heterocycles. The normalized spacial score (nSPS) is 13.8. The third-order valence-electron chi connectivity index (χ3n) is 2.21. The van der Waals surface area contributed by atoms with Crippen LogP contribution in [0.1, 0.15) is 18.5 Å². The van der Waals surface area contributed by atoms with E-state index < -0.39 is 28.5 Å². The zero-order valence-corrected chi connectivity index (χ0v) is 14.3. The summed E-state index contributed by atoms with van der Waals surface area (Å²) in [5.41, 5.74) is -0.209. The quantitative estimate of drug-likeness (QED) is 0.678. The summed E-state index contributed by atoms with van der Waals surface area (Å²) in [4.78, 5) is 0. The maximum atomic E-state index is 12.3. The topological polar surface area (TPSA) is 46.2 Å². The molecule has 0 amide bonds. The Bertz CT molecular complexity index is 490. The average Bonchev–Trinajstić information content (AvgIpc) is 2.14. The predicted octanol–water partition coefficient (Wildman–Crippen LogP) is -1.64. The van der Waals surface area contributed by atoms with E-state index in [1.54, 1.807) is 6.92 Å². The first kappa shape index (κ1) is 18.6. The van der Waals surface area contributed by atoms with Gasteiger partial charge in [-0.2, -0.15) is 0 Å². The van der Waals surface area contributed by atoms with E-state index in [1.807, 2.05) is 0 Å². The second-order valence-corrected chi connectivity index (χ2v) is 5.63. The monoisotopic (exact) mass is 305 g/mol. The minimum absolute atomic E-state index is 0. The van der Waals surface area contributed by atoms with Gasteiger partial charge in [-0.25, -0.2) is 13.1 Å². The molecule has 0 spiro atoms. The van der Waals surface area contributed by atoms with Gasteiger partial charge in [0.15, 0.2) is 0 Å². The van der Waals surface area contributed by atoms with E-state index >= 15 is 0 Å². The number of benzene rings is 1. The first-order chi connectivity index (χ1) is 7.59. The van der Waals surface area contributed by atoms with Crippen LogP contribution < -0.4 is 61.6 Å². The molecule has 0 unspecified atom stereocenters. The van der Waals surface area contributed by atoms with Crippen molar-refractivity contribution in [2.45, 2.75) is 13.0 Å². The predicted molar refractivity (Wildman–Crippen MR) is 61.5 cm³/mol. The fourth-order valence-corrected chi connectivity index (χ4v) is 2.17. The van der Waals surface area contributed by atoms with E-state index in [0.29, 0.717) is 5.56 Å². The van der Waals surface area contributed by atoms with Gasteiger partial charge in [-0.15, -0.1) is 5.46 Å². The van der Waals surface area contributed by atoms with E-state index in [2.05, 4.69) is 4.72 Å². The molecule has 0 aliphatic carbocycles. The summed E-state index contributed by atoms with van der Waals surface area (Å²) in [6.45, 7) is -3.45. The van der Waals surface area contributed by atoms with E-state index in [1.165, 1.54) is 12.1 Å². The van der Waals surface area contributed by atoms with Crippen LogP contribution >= 0.6 is 0 Å². The van der Waals surface area contributed by atoms with Crippen LogP contribution in [0.15, 0.2) is 24.3 Å². The Hall–Kier alpha value is 0.621.